The summed E-state index contributed by atoms with van der Waals surface area (Å²) in [6.07, 6.45) is -0.580. The molecule has 6 atom stereocenters. The van der Waals surface area contributed by atoms with Crippen LogP contribution in [0.2, 0.25) is 0 Å². The van der Waals surface area contributed by atoms with Crippen LogP contribution >= 0.6 is 15.9 Å². The highest BCUT2D eigenvalue weighted by molar-refractivity contribution is 9.09. The van der Waals surface area contributed by atoms with E-state index in [0.717, 1.165) is 0 Å². The second-order valence-electron chi connectivity index (χ2n) is 6.57. The number of benzene rings is 1. The average Bonchev–Trinajstić information content (AvgIpc) is 2.94. The first kappa shape index (κ1) is 16.9. The summed E-state index contributed by atoms with van der Waals surface area (Å²) >= 11 is 3.46. The SMILES string of the molecule is C[C@@]1(O)[C@H](O)C[C@@H]2[C@@H](COC(=O)c3ccccc3)CO[C@@H]2[C@H]1Br. The van der Waals surface area contributed by atoms with Gasteiger partial charge in [0.2, 0.25) is 0 Å². The van der Waals surface area contributed by atoms with Gasteiger partial charge in [0.15, 0.2) is 0 Å². The maximum atomic E-state index is 12.0. The Morgan fingerprint density at radius 1 is 1.43 bits per heavy atom. The van der Waals surface area contributed by atoms with Gasteiger partial charge in [-0.05, 0) is 31.4 Å². The topological polar surface area (TPSA) is 76.0 Å². The molecule has 1 aliphatic heterocycles. The molecule has 1 aromatic rings. The summed E-state index contributed by atoms with van der Waals surface area (Å²) in [7, 11) is 0. The third kappa shape index (κ3) is 3.18. The summed E-state index contributed by atoms with van der Waals surface area (Å²) in [6.45, 7) is 2.32. The minimum Gasteiger partial charge on any atom is -0.462 e. The van der Waals surface area contributed by atoms with Crippen LogP contribution in [0.25, 0.3) is 0 Å². The number of aliphatic hydroxyl groups excluding tert-OH is 1. The van der Waals surface area contributed by atoms with Crippen molar-refractivity contribution in [2.24, 2.45) is 11.8 Å². The van der Waals surface area contributed by atoms with Crippen LogP contribution < -0.4 is 0 Å². The molecule has 1 aromatic carbocycles. The number of hydrogen-bond donors (Lipinski definition) is 2. The molecule has 2 aliphatic rings. The Bertz CT molecular complexity index is 561. The molecule has 5 nitrogen and oxygen atoms in total. The van der Waals surface area contributed by atoms with Crippen LogP contribution in [-0.4, -0.2) is 52.0 Å². The molecule has 1 saturated heterocycles. The zero-order valence-corrected chi connectivity index (χ0v) is 14.5. The molecule has 2 fully saturated rings. The van der Waals surface area contributed by atoms with Gasteiger partial charge in [0.1, 0.15) is 5.60 Å². The molecule has 1 heterocycles. The Balaban J connectivity index is 1.62. The fourth-order valence-electron chi connectivity index (χ4n) is 3.40. The molecule has 0 spiro atoms. The second-order valence-corrected chi connectivity index (χ2v) is 7.55. The van der Waals surface area contributed by atoms with Crippen LogP contribution in [-0.2, 0) is 9.47 Å². The minimum atomic E-state index is -1.23. The molecule has 1 aliphatic carbocycles. The smallest absolute Gasteiger partial charge is 0.338 e. The summed E-state index contributed by atoms with van der Waals surface area (Å²) < 4.78 is 11.2. The first-order valence-corrected chi connectivity index (χ1v) is 8.71. The number of carbonyl (C=O) groups excluding carboxylic acids is 1. The molecule has 3 rings (SSSR count). The van der Waals surface area contributed by atoms with E-state index in [2.05, 4.69) is 15.9 Å². The van der Waals surface area contributed by atoms with E-state index in [0.29, 0.717) is 18.6 Å². The highest BCUT2D eigenvalue weighted by Crippen LogP contribution is 2.45. The highest BCUT2D eigenvalue weighted by atomic mass is 79.9. The Morgan fingerprint density at radius 2 is 2.13 bits per heavy atom. The monoisotopic (exact) mass is 384 g/mol. The first-order valence-electron chi connectivity index (χ1n) is 7.79. The summed E-state index contributed by atoms with van der Waals surface area (Å²) in [6, 6.07) is 8.86. The molecule has 0 unspecified atom stereocenters. The normalized spacial score (nSPS) is 39.7. The maximum Gasteiger partial charge on any atom is 0.338 e. The summed E-state index contributed by atoms with van der Waals surface area (Å²) in [5, 5.41) is 20.5. The first-order chi connectivity index (χ1) is 10.9. The number of aliphatic hydroxyl groups is 2. The lowest BCUT2D eigenvalue weighted by atomic mass is 9.72. The second kappa shape index (κ2) is 6.51. The van der Waals surface area contributed by atoms with Crippen molar-refractivity contribution in [1.82, 2.24) is 0 Å². The van der Waals surface area contributed by atoms with Crippen molar-refractivity contribution in [2.45, 2.75) is 36.0 Å². The quantitative estimate of drug-likeness (QED) is 0.613. The van der Waals surface area contributed by atoms with Crippen LogP contribution in [0, 0.1) is 11.8 Å². The molecule has 1 saturated carbocycles. The van der Waals surface area contributed by atoms with Gasteiger partial charge < -0.3 is 19.7 Å². The zero-order chi connectivity index (χ0) is 16.6. The van der Waals surface area contributed by atoms with Crippen LogP contribution in [0.3, 0.4) is 0 Å². The number of rotatable bonds is 3. The summed E-state index contributed by atoms with van der Waals surface area (Å²) in [4.78, 5) is 11.7. The molecule has 2 N–H and O–H groups in total. The number of halogens is 1. The van der Waals surface area contributed by atoms with Crippen molar-refractivity contribution in [1.29, 1.82) is 0 Å². The van der Waals surface area contributed by atoms with Crippen molar-refractivity contribution >= 4 is 21.9 Å². The lowest BCUT2D eigenvalue weighted by molar-refractivity contribution is -0.123. The Morgan fingerprint density at radius 3 is 2.83 bits per heavy atom. The van der Waals surface area contributed by atoms with Gasteiger partial charge in [-0.25, -0.2) is 4.79 Å². The molecule has 6 heteroatoms. The molecule has 23 heavy (non-hydrogen) atoms. The fourth-order valence-corrected chi connectivity index (χ4v) is 4.25. The number of fused-ring (bicyclic) bond motifs is 1. The van der Waals surface area contributed by atoms with E-state index in [1.54, 1.807) is 31.2 Å². The van der Waals surface area contributed by atoms with Gasteiger partial charge in [0.05, 0.1) is 35.8 Å². The van der Waals surface area contributed by atoms with Crippen LogP contribution in [0.1, 0.15) is 23.7 Å². The van der Waals surface area contributed by atoms with Gasteiger partial charge in [-0.1, -0.05) is 34.1 Å². The van der Waals surface area contributed by atoms with E-state index in [1.165, 1.54) is 0 Å². The average molecular weight is 385 g/mol. The summed E-state index contributed by atoms with van der Waals surface area (Å²) in [5.74, 6) is -0.274. The van der Waals surface area contributed by atoms with Gasteiger partial charge in [0.25, 0.3) is 0 Å². The van der Waals surface area contributed by atoms with E-state index in [-0.39, 0.29) is 35.3 Å². The molecule has 0 bridgehead atoms. The third-order valence-corrected chi connectivity index (χ3v) is 6.43. The number of esters is 1. The number of hydrogen-bond acceptors (Lipinski definition) is 5. The Hall–Kier alpha value is -0.950. The lowest BCUT2D eigenvalue weighted by Gasteiger charge is -2.44. The van der Waals surface area contributed by atoms with Crippen molar-refractivity contribution in [2.75, 3.05) is 13.2 Å². The van der Waals surface area contributed by atoms with Crippen molar-refractivity contribution in [3.63, 3.8) is 0 Å². The highest BCUT2D eigenvalue weighted by Gasteiger charge is 2.55. The van der Waals surface area contributed by atoms with Crippen molar-refractivity contribution in [3.05, 3.63) is 35.9 Å². The largest absolute Gasteiger partial charge is 0.462 e. The maximum absolute atomic E-state index is 12.0. The van der Waals surface area contributed by atoms with Crippen LogP contribution in [0.15, 0.2) is 30.3 Å². The van der Waals surface area contributed by atoms with Crippen molar-refractivity contribution < 1.29 is 24.5 Å². The number of alkyl halides is 1. The number of carbonyl (C=O) groups is 1. The van der Waals surface area contributed by atoms with E-state index in [9.17, 15) is 15.0 Å². The van der Waals surface area contributed by atoms with Gasteiger partial charge >= 0.3 is 5.97 Å². The molecule has 0 aromatic heterocycles. The van der Waals surface area contributed by atoms with Gasteiger partial charge in [-0.2, -0.15) is 0 Å². The number of ether oxygens (including phenoxy) is 2. The Labute approximate surface area is 143 Å². The zero-order valence-electron chi connectivity index (χ0n) is 12.9. The van der Waals surface area contributed by atoms with Crippen LogP contribution in [0.5, 0.6) is 0 Å². The van der Waals surface area contributed by atoms with E-state index >= 15 is 0 Å². The lowest BCUT2D eigenvalue weighted by Crippen LogP contribution is -2.58. The fraction of sp³-hybridized carbons (Fsp3) is 0.588. The van der Waals surface area contributed by atoms with E-state index < -0.39 is 11.7 Å². The molecule has 126 valence electrons. The van der Waals surface area contributed by atoms with Gasteiger partial charge in [-0.3, -0.25) is 0 Å². The predicted molar refractivity (Wildman–Crippen MR) is 87.4 cm³/mol. The van der Waals surface area contributed by atoms with E-state index in [4.69, 9.17) is 9.47 Å². The minimum absolute atomic E-state index is 0.0264. The predicted octanol–water partition coefficient (Wildman–Crippen LogP) is 1.75. The Kier molecular flexibility index (Phi) is 4.78. The van der Waals surface area contributed by atoms with Gasteiger partial charge in [0, 0.05) is 5.92 Å². The third-order valence-electron chi connectivity index (χ3n) is 4.99. The molecular weight excluding hydrogens is 364 g/mol. The standard InChI is InChI=1S/C17H21BrO5/c1-17(21)13(19)7-12-11(8-22-14(12)15(17)18)9-23-16(20)10-5-3-2-4-6-10/h2-6,11-15,19,21H,7-9H2,1H3/t11-,12-,13-,14+,15-,17-/m1/s1. The molecular formula is C17H21BrO5. The van der Waals surface area contributed by atoms with Crippen molar-refractivity contribution in [3.8, 4) is 0 Å². The molecule has 0 amide bonds. The van der Waals surface area contributed by atoms with Gasteiger partial charge in [-0.15, -0.1) is 0 Å². The van der Waals surface area contributed by atoms with Crippen LogP contribution in [0.4, 0.5) is 0 Å². The summed E-state index contributed by atoms with van der Waals surface area (Å²) in [5.41, 5.74) is -0.704. The molecule has 0 radical (unpaired) electrons. The van der Waals surface area contributed by atoms with E-state index in [1.807, 2.05) is 6.07 Å².